The van der Waals surface area contributed by atoms with Crippen LogP contribution >= 0.6 is 23.2 Å². The molecule has 0 unspecified atom stereocenters. The second-order valence-electron chi connectivity index (χ2n) is 12.0. The predicted octanol–water partition coefficient (Wildman–Crippen LogP) is 3.44. The summed E-state index contributed by atoms with van der Waals surface area (Å²) in [6, 6.07) is 12.2. The first-order valence-corrected chi connectivity index (χ1v) is 17.2. The zero-order chi connectivity index (χ0) is 37.5. The van der Waals surface area contributed by atoms with Crippen molar-refractivity contribution < 1.29 is 19.2 Å². The maximum atomic E-state index is 13.3. The number of guanidine groups is 1. The summed E-state index contributed by atoms with van der Waals surface area (Å²) in [5.74, 6) is -0.909. The first-order valence-electron chi connectivity index (χ1n) is 16.2. The van der Waals surface area contributed by atoms with Gasteiger partial charge in [-0.1, -0.05) is 0 Å². The van der Waals surface area contributed by atoms with Crippen LogP contribution in [-0.4, -0.2) is 86.2 Å². The predicted molar refractivity (Wildman–Crippen MR) is 204 cm³/mol. The second kappa shape index (κ2) is 16.4. The number of anilines is 4. The van der Waals surface area contributed by atoms with E-state index in [1.54, 1.807) is 71.6 Å². The van der Waals surface area contributed by atoms with Crippen molar-refractivity contribution in [1.29, 1.82) is 5.41 Å². The van der Waals surface area contributed by atoms with Crippen LogP contribution in [0.2, 0.25) is 0 Å². The molecule has 5 rings (SSSR count). The summed E-state index contributed by atoms with van der Waals surface area (Å²) in [4.78, 5) is 57.4. The lowest BCUT2D eigenvalue weighted by Crippen LogP contribution is -2.38. The van der Waals surface area contributed by atoms with E-state index in [0.29, 0.717) is 59.8 Å². The minimum absolute atomic E-state index is 0.191. The van der Waals surface area contributed by atoms with Gasteiger partial charge < -0.3 is 55.9 Å². The first kappa shape index (κ1) is 37.4. The summed E-state index contributed by atoms with van der Waals surface area (Å²) in [6.45, 7) is 1.83. The largest absolute Gasteiger partial charge is 0.370 e. The van der Waals surface area contributed by atoms with Crippen LogP contribution < -0.4 is 37.2 Å². The molecule has 0 atom stereocenters. The molecular formula is C34H40Cl2N12O4. The van der Waals surface area contributed by atoms with Gasteiger partial charge in [-0.05, 0) is 42.5 Å². The number of hydrogen-bond acceptors (Lipinski definition) is 6. The summed E-state index contributed by atoms with van der Waals surface area (Å²) in [7, 11) is 5.03. The number of amides is 4. The first-order chi connectivity index (χ1) is 24.9. The zero-order valence-electron chi connectivity index (χ0n) is 28.8. The Hall–Kier alpha value is -5.87. The molecule has 4 heterocycles. The van der Waals surface area contributed by atoms with E-state index in [0.717, 1.165) is 16.6 Å². The minimum atomic E-state index is -0.453. The fourth-order valence-corrected chi connectivity index (χ4v) is 6.05. The molecule has 0 saturated carbocycles. The highest BCUT2D eigenvalue weighted by atomic mass is 35.5. The fourth-order valence-electron chi connectivity index (χ4n) is 5.64. The molecule has 0 saturated heterocycles. The Bertz CT molecular complexity index is 2120. The molecule has 16 nitrogen and oxygen atoms in total. The van der Waals surface area contributed by atoms with Crippen molar-refractivity contribution in [2.24, 2.45) is 26.9 Å². The average molecular weight is 752 g/mol. The van der Waals surface area contributed by atoms with E-state index in [-0.39, 0.29) is 35.7 Å². The number of aromatic nitrogens is 4. The molecular weight excluding hydrogens is 711 g/mol. The maximum Gasteiger partial charge on any atom is 0.272 e. The molecule has 0 radical (unpaired) electrons. The van der Waals surface area contributed by atoms with Gasteiger partial charge in [0.1, 0.15) is 22.8 Å². The number of carbonyl (C=O) groups is 4. The molecule has 0 aliphatic heterocycles. The molecule has 0 aliphatic rings. The van der Waals surface area contributed by atoms with E-state index in [2.05, 4.69) is 36.5 Å². The van der Waals surface area contributed by atoms with Crippen molar-refractivity contribution in [2.45, 2.75) is 0 Å². The van der Waals surface area contributed by atoms with Crippen molar-refractivity contribution in [3.8, 4) is 0 Å². The fraction of sp³-hybridized carbons (Fsp3) is 0.265. The Balaban J connectivity index is 1.20. The van der Waals surface area contributed by atoms with Gasteiger partial charge in [0, 0.05) is 94.3 Å². The lowest BCUT2D eigenvalue weighted by molar-refractivity contribution is 0.0944. The number of aryl methyl sites for hydroxylation is 3. The number of benzene rings is 1. The Morgan fingerprint density at radius 2 is 1.19 bits per heavy atom. The highest BCUT2D eigenvalue weighted by Crippen LogP contribution is 2.25. The molecule has 4 aromatic heterocycles. The highest BCUT2D eigenvalue weighted by Gasteiger charge is 2.20. The third-order valence-electron chi connectivity index (χ3n) is 8.14. The van der Waals surface area contributed by atoms with E-state index < -0.39 is 11.8 Å². The third kappa shape index (κ3) is 8.88. The molecule has 0 fully saturated rings. The molecule has 5 aromatic rings. The van der Waals surface area contributed by atoms with Crippen LogP contribution in [0, 0.1) is 5.41 Å². The Morgan fingerprint density at radius 1 is 0.712 bits per heavy atom. The summed E-state index contributed by atoms with van der Waals surface area (Å²) in [5, 5.41) is 21.8. The Morgan fingerprint density at radius 3 is 1.69 bits per heavy atom. The van der Waals surface area contributed by atoms with Gasteiger partial charge in [-0.25, -0.2) is 0 Å². The highest BCUT2D eigenvalue weighted by molar-refractivity contribution is 6.18. The van der Waals surface area contributed by atoms with E-state index >= 15 is 0 Å². The van der Waals surface area contributed by atoms with Gasteiger partial charge in [0.05, 0.1) is 17.1 Å². The summed E-state index contributed by atoms with van der Waals surface area (Å²) < 4.78 is 4.73. The van der Waals surface area contributed by atoms with E-state index in [1.807, 2.05) is 18.2 Å². The number of fused-ring (bicyclic) bond motifs is 1. The number of H-pyrrole nitrogens is 1. The summed E-state index contributed by atoms with van der Waals surface area (Å²) in [5.41, 5.74) is 9.40. The van der Waals surface area contributed by atoms with Crippen LogP contribution in [-0.2, 0) is 21.1 Å². The number of halogens is 2. The van der Waals surface area contributed by atoms with Gasteiger partial charge >= 0.3 is 0 Å². The van der Waals surface area contributed by atoms with E-state index in [4.69, 9.17) is 34.3 Å². The van der Waals surface area contributed by atoms with Gasteiger partial charge in [-0.3, -0.25) is 24.6 Å². The minimum Gasteiger partial charge on any atom is -0.370 e. The number of nitrogens with two attached hydrogens (primary N) is 1. The van der Waals surface area contributed by atoms with Crippen molar-refractivity contribution in [1.82, 2.24) is 29.3 Å². The van der Waals surface area contributed by atoms with Crippen LogP contribution in [0.25, 0.3) is 10.9 Å². The van der Waals surface area contributed by atoms with E-state index in [1.165, 1.54) is 6.07 Å². The number of nitrogens with zero attached hydrogens (tertiary/aromatic N) is 4. The molecule has 1 aromatic carbocycles. The number of aromatic amines is 1. The number of alkyl halides is 2. The van der Waals surface area contributed by atoms with Gasteiger partial charge in [0.2, 0.25) is 0 Å². The van der Waals surface area contributed by atoms with Crippen molar-refractivity contribution in [3.05, 3.63) is 83.8 Å². The van der Waals surface area contributed by atoms with Crippen molar-refractivity contribution in [3.63, 3.8) is 0 Å². The van der Waals surface area contributed by atoms with Crippen LogP contribution in [0.4, 0.5) is 22.7 Å². The molecule has 52 heavy (non-hydrogen) atoms. The van der Waals surface area contributed by atoms with Gasteiger partial charge in [0.25, 0.3) is 23.6 Å². The summed E-state index contributed by atoms with van der Waals surface area (Å²) >= 11 is 11.9. The van der Waals surface area contributed by atoms with Gasteiger partial charge in [-0.2, -0.15) is 0 Å². The van der Waals surface area contributed by atoms with Crippen LogP contribution in [0.5, 0.6) is 0 Å². The zero-order valence-corrected chi connectivity index (χ0v) is 30.3. The number of carbonyl (C=O) groups excluding carboxylic acids is 4. The maximum absolute atomic E-state index is 13.3. The van der Waals surface area contributed by atoms with Gasteiger partial charge in [-0.15, -0.1) is 23.2 Å². The van der Waals surface area contributed by atoms with Crippen LogP contribution in [0.15, 0.2) is 61.1 Å². The average Bonchev–Trinajstić information content (AvgIpc) is 3.87. The second-order valence-corrected chi connectivity index (χ2v) is 12.7. The lowest BCUT2D eigenvalue weighted by Gasteiger charge is -2.22. The number of rotatable bonds is 15. The van der Waals surface area contributed by atoms with Crippen LogP contribution in [0.3, 0.4) is 0 Å². The van der Waals surface area contributed by atoms with Crippen molar-refractivity contribution in [2.75, 3.05) is 58.8 Å². The quantitative estimate of drug-likeness (QED) is 0.0345. The van der Waals surface area contributed by atoms with Crippen molar-refractivity contribution >= 4 is 86.4 Å². The molecule has 274 valence electrons. The molecule has 0 bridgehead atoms. The van der Waals surface area contributed by atoms with E-state index in [9.17, 15) is 19.2 Å². The molecule has 4 amide bonds. The molecule has 0 spiro atoms. The molecule has 0 aliphatic carbocycles. The number of hydrogen-bond donors (Lipinski definition) is 8. The molecule has 9 N–H and O–H groups in total. The Kier molecular flexibility index (Phi) is 11.8. The normalized spacial score (nSPS) is 10.9. The Labute approximate surface area is 309 Å². The number of nitrogens with one attached hydrogen (secondary N) is 7. The smallest absolute Gasteiger partial charge is 0.272 e. The van der Waals surface area contributed by atoms with Crippen LogP contribution in [0.1, 0.15) is 42.0 Å². The van der Waals surface area contributed by atoms with Gasteiger partial charge in [0.15, 0.2) is 5.96 Å². The monoisotopic (exact) mass is 750 g/mol. The topological polar surface area (TPSA) is 212 Å². The summed E-state index contributed by atoms with van der Waals surface area (Å²) in [6.07, 6.45) is 4.84. The standard InChI is InChI=1S/C34H40Cl2N12O4/c1-45-18-22(14-27(45)31(50)39-8-9-40-34(37)38)42-33(52)29-16-23(19-47(29)3)43-32(51)28-15-21(17-46(28)2)41-30(49)26-13-20-12-24(4-5-25(20)44-26)48(10-6-35)11-7-36/h4-5,12-19,44H,6-11H2,1-3H3,(H,39,50)(H,41,49)(H,42,52)(H,43,51)(H4,37,38,40). The lowest BCUT2D eigenvalue weighted by atomic mass is 10.2. The third-order valence-corrected chi connectivity index (χ3v) is 8.47. The SMILES string of the molecule is Cn1cc(NC(=O)c2cc(NC(=O)c3cc(NC(=O)c4cc5cc(N(CCCl)CCCl)ccc5[nH]4)cn3C)cn2C)cc1C(=O)NCCNC(=N)N. The molecule has 18 heteroatoms.